The first-order valence-corrected chi connectivity index (χ1v) is 17.2. The Morgan fingerprint density at radius 2 is 1.87 bits per heavy atom. The minimum Gasteiger partial charge on any atom is -0.394 e. The molecule has 0 saturated heterocycles. The van der Waals surface area contributed by atoms with Crippen molar-refractivity contribution in [1.29, 1.82) is 0 Å². The lowest BCUT2D eigenvalue weighted by molar-refractivity contribution is -0.137. The summed E-state index contributed by atoms with van der Waals surface area (Å²) in [6, 6.07) is 9.74. The van der Waals surface area contributed by atoms with Crippen molar-refractivity contribution < 1.29 is 27.6 Å². The third kappa shape index (κ3) is 6.86. The predicted octanol–water partition coefficient (Wildman–Crippen LogP) is 6.33. The summed E-state index contributed by atoms with van der Waals surface area (Å²) in [6.07, 6.45) is 2.81. The molecule has 14 heteroatoms. The summed E-state index contributed by atoms with van der Waals surface area (Å²) in [4.78, 5) is 22.2. The largest absolute Gasteiger partial charge is 0.421 e. The highest BCUT2D eigenvalue weighted by molar-refractivity contribution is 7.71. The number of anilines is 4. The van der Waals surface area contributed by atoms with Gasteiger partial charge in [0.1, 0.15) is 24.8 Å². The summed E-state index contributed by atoms with van der Waals surface area (Å²) in [6.45, 7) is 4.58. The Kier molecular flexibility index (Phi) is 9.95. The fourth-order valence-corrected chi connectivity index (χ4v) is 8.87. The molecule has 0 amide bonds. The van der Waals surface area contributed by atoms with Gasteiger partial charge in [-0.2, -0.15) is 23.3 Å². The second-order valence-corrected chi connectivity index (χ2v) is 14.5. The maximum absolute atomic E-state index is 14.2. The van der Waals surface area contributed by atoms with Gasteiger partial charge in [0.15, 0.2) is 0 Å². The van der Waals surface area contributed by atoms with Gasteiger partial charge in [-0.25, -0.2) is 4.98 Å². The standard InChI is InChI=1S/C32H37F3N7O3P/c1-4-13-46(45,14-5-2)23-8-6-7-22(15-23)38-31-36-17-26(32(33,34)35)30(40-31)39-27-10-9-24(21-16-37-42(18-21)11-12-43)25-19-41(3)28(20-44)29(25)27/h6-10,15-18,20,28,43H,4-5,11-14,19H2,1-3H3,(H2,36,38,39,40). The monoisotopic (exact) mass is 655 g/mol. The Balaban J connectivity index is 1.53. The lowest BCUT2D eigenvalue weighted by atomic mass is 9.95. The SMILES string of the molecule is CCCP(=O)(CCC)c1cccc(Nc2ncc(C(F)(F)F)c(Nc3ccc(-c4cnn(CCO)c4)c4c3C(C=O)N(C)C4)n2)c1. The van der Waals surface area contributed by atoms with Crippen molar-refractivity contribution in [2.45, 2.75) is 52.0 Å². The zero-order valence-corrected chi connectivity index (χ0v) is 26.8. The molecule has 46 heavy (non-hydrogen) atoms. The number of fused-ring (bicyclic) bond motifs is 1. The minimum absolute atomic E-state index is 0.0814. The van der Waals surface area contributed by atoms with Gasteiger partial charge in [0, 0.05) is 59.1 Å². The number of alkyl halides is 3. The first kappa shape index (κ1) is 33.3. The lowest BCUT2D eigenvalue weighted by Crippen LogP contribution is -2.18. The molecule has 0 bridgehead atoms. The van der Waals surface area contributed by atoms with E-state index in [2.05, 4.69) is 25.7 Å². The molecule has 3 N–H and O–H groups in total. The maximum Gasteiger partial charge on any atom is 0.421 e. The molecule has 3 heterocycles. The number of aldehydes is 1. The van der Waals surface area contributed by atoms with Crippen LogP contribution in [0, 0.1) is 0 Å². The van der Waals surface area contributed by atoms with Crippen LogP contribution in [0.15, 0.2) is 55.0 Å². The van der Waals surface area contributed by atoms with Crippen molar-refractivity contribution >= 4 is 41.9 Å². The van der Waals surface area contributed by atoms with Crippen LogP contribution in [0.2, 0.25) is 0 Å². The topological polar surface area (TPSA) is 125 Å². The van der Waals surface area contributed by atoms with E-state index in [1.165, 1.54) is 0 Å². The third-order valence-corrected chi connectivity index (χ3v) is 11.6. The van der Waals surface area contributed by atoms with Gasteiger partial charge < -0.3 is 25.1 Å². The van der Waals surface area contributed by atoms with E-state index >= 15 is 0 Å². The normalized spacial score (nSPS) is 15.2. The average molecular weight is 656 g/mol. The van der Waals surface area contributed by atoms with Crippen molar-refractivity contribution in [3.8, 4) is 11.1 Å². The lowest BCUT2D eigenvalue weighted by Gasteiger charge is -2.20. The highest BCUT2D eigenvalue weighted by atomic mass is 31.2. The van der Waals surface area contributed by atoms with Crippen molar-refractivity contribution in [3.63, 3.8) is 0 Å². The van der Waals surface area contributed by atoms with Crippen molar-refractivity contribution in [1.82, 2.24) is 24.6 Å². The Labute approximate surface area is 265 Å². The molecular formula is C32H37F3N7O3P. The Bertz CT molecular complexity index is 1750. The van der Waals surface area contributed by atoms with Crippen LogP contribution >= 0.6 is 7.14 Å². The van der Waals surface area contributed by atoms with Gasteiger partial charge in [-0.15, -0.1) is 0 Å². The Morgan fingerprint density at radius 1 is 1.11 bits per heavy atom. The third-order valence-electron chi connectivity index (χ3n) is 8.03. The molecule has 244 valence electrons. The number of nitrogens with zero attached hydrogens (tertiary/aromatic N) is 5. The van der Waals surface area contributed by atoms with Gasteiger partial charge in [0.25, 0.3) is 0 Å². The molecule has 0 saturated carbocycles. The van der Waals surface area contributed by atoms with Crippen molar-refractivity contribution in [2.24, 2.45) is 0 Å². The van der Waals surface area contributed by atoms with Crippen LogP contribution in [0.1, 0.15) is 49.4 Å². The van der Waals surface area contributed by atoms with E-state index in [0.717, 1.165) is 35.8 Å². The molecule has 1 aliphatic heterocycles. The minimum atomic E-state index is -4.76. The number of rotatable bonds is 13. The van der Waals surface area contributed by atoms with Crippen LogP contribution < -0.4 is 15.9 Å². The van der Waals surface area contributed by atoms with Gasteiger partial charge in [0.2, 0.25) is 5.95 Å². The molecule has 0 radical (unpaired) electrons. The Morgan fingerprint density at radius 3 is 2.54 bits per heavy atom. The summed E-state index contributed by atoms with van der Waals surface area (Å²) in [5.74, 6) is -0.559. The van der Waals surface area contributed by atoms with Crippen LogP contribution in [0.5, 0.6) is 0 Å². The first-order valence-electron chi connectivity index (χ1n) is 15.1. The first-order chi connectivity index (χ1) is 22.0. The second-order valence-electron chi connectivity index (χ2n) is 11.4. The molecule has 0 fully saturated rings. The number of aliphatic hydroxyl groups excluding tert-OH is 1. The van der Waals surface area contributed by atoms with Crippen molar-refractivity contribution in [2.75, 3.05) is 36.6 Å². The number of carbonyl (C=O) groups is 1. The smallest absolute Gasteiger partial charge is 0.394 e. The summed E-state index contributed by atoms with van der Waals surface area (Å²) in [5.41, 5.74) is 2.59. The molecule has 4 aromatic rings. The number of aliphatic hydroxyl groups is 1. The molecule has 2 aromatic heterocycles. The number of hydrogen-bond acceptors (Lipinski definition) is 9. The van der Waals surface area contributed by atoms with Gasteiger partial charge in [-0.05, 0) is 49.2 Å². The van der Waals surface area contributed by atoms with Gasteiger partial charge >= 0.3 is 6.18 Å². The fraction of sp³-hybridized carbons (Fsp3) is 0.375. The number of halogens is 3. The molecule has 0 spiro atoms. The van der Waals surface area contributed by atoms with Crippen LogP contribution in [0.3, 0.4) is 0 Å². The van der Waals surface area contributed by atoms with E-state index in [1.807, 2.05) is 24.8 Å². The van der Waals surface area contributed by atoms with Gasteiger partial charge in [-0.3, -0.25) is 9.58 Å². The molecule has 0 aliphatic carbocycles. The number of benzene rings is 2. The summed E-state index contributed by atoms with van der Waals surface area (Å²) >= 11 is 0. The van der Waals surface area contributed by atoms with Crippen LogP contribution in [-0.4, -0.2) is 62.0 Å². The maximum atomic E-state index is 14.2. The molecule has 2 aromatic carbocycles. The van der Waals surface area contributed by atoms with E-state index in [0.29, 0.717) is 53.9 Å². The summed E-state index contributed by atoms with van der Waals surface area (Å²) in [7, 11) is -0.863. The molecule has 5 rings (SSSR count). The highest BCUT2D eigenvalue weighted by Crippen LogP contribution is 2.46. The number of carbonyl (C=O) groups excluding carboxylic acids is 1. The van der Waals surface area contributed by atoms with E-state index in [4.69, 9.17) is 0 Å². The highest BCUT2D eigenvalue weighted by Gasteiger charge is 2.37. The van der Waals surface area contributed by atoms with Crippen LogP contribution in [-0.2, 0) is 28.6 Å². The average Bonchev–Trinajstić information content (AvgIpc) is 3.61. The van der Waals surface area contributed by atoms with Gasteiger partial charge in [0.05, 0.1) is 25.4 Å². The summed E-state index contributed by atoms with van der Waals surface area (Å²) in [5, 5.41) is 20.1. The fourth-order valence-electron chi connectivity index (χ4n) is 5.95. The van der Waals surface area contributed by atoms with E-state index in [-0.39, 0.29) is 12.6 Å². The quantitative estimate of drug-likeness (QED) is 0.112. The van der Waals surface area contributed by atoms with E-state index < -0.39 is 30.7 Å². The molecular weight excluding hydrogens is 618 g/mol. The van der Waals surface area contributed by atoms with Gasteiger partial charge in [-0.1, -0.05) is 32.0 Å². The van der Waals surface area contributed by atoms with Crippen LogP contribution in [0.4, 0.5) is 36.3 Å². The molecule has 1 aliphatic rings. The van der Waals surface area contributed by atoms with Crippen molar-refractivity contribution in [3.05, 3.63) is 71.7 Å². The number of hydrogen-bond donors (Lipinski definition) is 3. The van der Waals surface area contributed by atoms with E-state index in [9.17, 15) is 27.6 Å². The molecule has 1 atom stereocenters. The molecule has 1 unspecified atom stereocenters. The summed E-state index contributed by atoms with van der Waals surface area (Å²) < 4.78 is 57.9. The second kappa shape index (κ2) is 13.7. The Hall–Kier alpha value is -4.06. The molecule has 10 nitrogen and oxygen atoms in total. The predicted molar refractivity (Wildman–Crippen MR) is 173 cm³/mol. The zero-order valence-electron chi connectivity index (χ0n) is 25.9. The number of likely N-dealkylation sites (N-methyl/N-ethyl adjacent to an activating group) is 1. The zero-order chi connectivity index (χ0) is 33.1. The number of aromatic nitrogens is 4. The van der Waals surface area contributed by atoms with Crippen LogP contribution in [0.25, 0.3) is 11.1 Å². The number of nitrogens with one attached hydrogen (secondary N) is 2. The van der Waals surface area contributed by atoms with E-state index in [1.54, 1.807) is 54.5 Å².